The summed E-state index contributed by atoms with van der Waals surface area (Å²) in [4.78, 5) is 11.0. The maximum atomic E-state index is 12.7. The molecule has 0 amide bonds. The van der Waals surface area contributed by atoms with Gasteiger partial charge in [-0.3, -0.25) is 9.52 Å². The average Bonchev–Trinajstić information content (AvgIpc) is 2.63. The smallest absolute Gasteiger partial charge is 0.303 e. The van der Waals surface area contributed by atoms with Gasteiger partial charge in [-0.25, -0.2) is 8.42 Å². The summed E-state index contributed by atoms with van der Waals surface area (Å²) in [7, 11) is -3.85. The summed E-state index contributed by atoms with van der Waals surface area (Å²) in [6.45, 7) is 0. The Balaban J connectivity index is 2.08. The molecular formula is C19H16BrNO5S. The number of rotatable bonds is 6. The molecule has 6 nitrogen and oxygen atoms in total. The number of hydrogen-bond acceptors (Lipinski definition) is 4. The SMILES string of the molecule is O=C(O)CCc1cc(NS(=O)(=O)c2ccc(Br)cc2)c2ccccc2c1O. The van der Waals surface area contributed by atoms with Crippen LogP contribution in [0.2, 0.25) is 0 Å². The summed E-state index contributed by atoms with van der Waals surface area (Å²) >= 11 is 3.27. The number of aromatic hydroxyl groups is 1. The van der Waals surface area contributed by atoms with Crippen LogP contribution in [0.5, 0.6) is 5.75 Å². The number of aliphatic carboxylic acids is 1. The Morgan fingerprint density at radius 2 is 1.67 bits per heavy atom. The van der Waals surface area contributed by atoms with E-state index in [-0.39, 0.29) is 29.2 Å². The molecule has 0 aromatic heterocycles. The molecule has 0 radical (unpaired) electrons. The minimum absolute atomic E-state index is 0.0431. The minimum Gasteiger partial charge on any atom is -0.507 e. The normalized spacial score (nSPS) is 11.4. The van der Waals surface area contributed by atoms with Crippen LogP contribution in [0.1, 0.15) is 12.0 Å². The third-order valence-corrected chi connectivity index (χ3v) is 5.98. The van der Waals surface area contributed by atoms with E-state index >= 15 is 0 Å². The fourth-order valence-corrected chi connectivity index (χ4v) is 4.09. The van der Waals surface area contributed by atoms with E-state index in [1.165, 1.54) is 18.2 Å². The molecule has 3 rings (SSSR count). The molecule has 0 bridgehead atoms. The summed E-state index contributed by atoms with van der Waals surface area (Å²) < 4.78 is 28.8. The number of halogens is 1. The van der Waals surface area contributed by atoms with Gasteiger partial charge in [0.25, 0.3) is 10.0 Å². The van der Waals surface area contributed by atoms with E-state index in [0.29, 0.717) is 16.3 Å². The monoisotopic (exact) mass is 449 g/mol. The second-order valence-electron chi connectivity index (χ2n) is 5.93. The first-order valence-corrected chi connectivity index (χ1v) is 10.3. The van der Waals surface area contributed by atoms with Crippen LogP contribution in [0.4, 0.5) is 5.69 Å². The van der Waals surface area contributed by atoms with Crippen LogP contribution in [-0.2, 0) is 21.2 Å². The van der Waals surface area contributed by atoms with Gasteiger partial charge in [0.05, 0.1) is 10.6 Å². The highest BCUT2D eigenvalue weighted by Crippen LogP contribution is 2.36. The van der Waals surface area contributed by atoms with Crippen molar-refractivity contribution in [1.82, 2.24) is 0 Å². The summed E-state index contributed by atoms with van der Waals surface area (Å²) in [5, 5.41) is 20.3. The van der Waals surface area contributed by atoms with Crippen LogP contribution in [0.3, 0.4) is 0 Å². The number of phenols is 1. The second kappa shape index (κ2) is 7.58. The fourth-order valence-electron chi connectivity index (χ4n) is 2.75. The Morgan fingerprint density at radius 3 is 2.30 bits per heavy atom. The van der Waals surface area contributed by atoms with Crippen LogP contribution in [0.25, 0.3) is 10.8 Å². The lowest BCUT2D eigenvalue weighted by Gasteiger charge is -2.15. The lowest BCUT2D eigenvalue weighted by Crippen LogP contribution is -2.13. The van der Waals surface area contributed by atoms with E-state index in [4.69, 9.17) is 5.11 Å². The molecule has 3 N–H and O–H groups in total. The predicted octanol–water partition coefficient (Wildman–Crippen LogP) is 4.13. The van der Waals surface area contributed by atoms with E-state index in [9.17, 15) is 18.3 Å². The van der Waals surface area contributed by atoms with E-state index < -0.39 is 16.0 Å². The molecule has 27 heavy (non-hydrogen) atoms. The van der Waals surface area contributed by atoms with Crippen molar-refractivity contribution in [1.29, 1.82) is 0 Å². The van der Waals surface area contributed by atoms with Gasteiger partial charge in [0, 0.05) is 21.7 Å². The largest absolute Gasteiger partial charge is 0.507 e. The molecule has 0 heterocycles. The molecule has 0 atom stereocenters. The van der Waals surface area contributed by atoms with Gasteiger partial charge in [0.1, 0.15) is 5.75 Å². The molecule has 140 valence electrons. The highest BCUT2D eigenvalue weighted by Gasteiger charge is 2.18. The van der Waals surface area contributed by atoms with E-state index in [1.54, 1.807) is 36.4 Å². The van der Waals surface area contributed by atoms with Crippen LogP contribution in [0, 0.1) is 0 Å². The number of aryl methyl sites for hydroxylation is 1. The number of fused-ring (bicyclic) bond motifs is 1. The number of anilines is 1. The van der Waals surface area contributed by atoms with Gasteiger partial charge in [0.15, 0.2) is 0 Å². The van der Waals surface area contributed by atoms with Crippen LogP contribution >= 0.6 is 15.9 Å². The summed E-state index contributed by atoms with van der Waals surface area (Å²) in [6.07, 6.45) is -0.0934. The predicted molar refractivity (Wildman–Crippen MR) is 107 cm³/mol. The van der Waals surface area contributed by atoms with Crippen molar-refractivity contribution in [2.24, 2.45) is 0 Å². The van der Waals surface area contributed by atoms with Crippen LogP contribution in [-0.4, -0.2) is 24.6 Å². The lowest BCUT2D eigenvalue weighted by atomic mass is 10.0. The second-order valence-corrected chi connectivity index (χ2v) is 8.53. The van der Waals surface area contributed by atoms with Crippen molar-refractivity contribution in [3.8, 4) is 5.75 Å². The first kappa shape index (κ1) is 19.2. The van der Waals surface area contributed by atoms with E-state index in [0.717, 1.165) is 4.47 Å². The Morgan fingerprint density at radius 1 is 1.04 bits per heavy atom. The first-order chi connectivity index (χ1) is 12.8. The van der Waals surface area contributed by atoms with Gasteiger partial charge in [-0.2, -0.15) is 0 Å². The number of benzene rings is 3. The number of hydrogen-bond donors (Lipinski definition) is 3. The Hall–Kier alpha value is -2.58. The number of carbonyl (C=O) groups is 1. The molecule has 0 fully saturated rings. The van der Waals surface area contributed by atoms with Crippen molar-refractivity contribution in [3.63, 3.8) is 0 Å². The van der Waals surface area contributed by atoms with Crippen molar-refractivity contribution >= 4 is 48.4 Å². The van der Waals surface area contributed by atoms with Crippen molar-refractivity contribution < 1.29 is 23.4 Å². The zero-order valence-corrected chi connectivity index (χ0v) is 16.4. The van der Waals surface area contributed by atoms with Crippen LogP contribution in [0.15, 0.2) is 64.0 Å². The van der Waals surface area contributed by atoms with E-state index in [1.807, 2.05) is 0 Å². The first-order valence-electron chi connectivity index (χ1n) is 8.02. The minimum atomic E-state index is -3.85. The van der Waals surface area contributed by atoms with Crippen molar-refractivity contribution in [2.75, 3.05) is 4.72 Å². The topological polar surface area (TPSA) is 104 Å². The highest BCUT2D eigenvalue weighted by molar-refractivity contribution is 9.10. The number of carboxylic acid groups (broad SMARTS) is 1. The molecule has 0 aliphatic rings. The van der Waals surface area contributed by atoms with E-state index in [2.05, 4.69) is 20.7 Å². The molecule has 0 aliphatic heterocycles. The Kier molecular flexibility index (Phi) is 5.38. The number of phenolic OH excluding ortho intramolecular Hbond substituents is 1. The summed E-state index contributed by atoms with van der Waals surface area (Å²) in [5.74, 6) is -1.04. The standard InChI is InChI=1S/C19H16BrNO5S/c20-13-6-8-14(9-7-13)27(25,26)21-17-11-12(5-10-18(22)23)19(24)16-4-2-1-3-15(16)17/h1-4,6-9,11,21,24H,5,10H2,(H,22,23). The molecule has 3 aromatic rings. The zero-order chi connectivity index (χ0) is 19.6. The van der Waals surface area contributed by atoms with Crippen LogP contribution < -0.4 is 4.72 Å². The molecule has 0 spiro atoms. The average molecular weight is 450 g/mol. The maximum Gasteiger partial charge on any atom is 0.303 e. The van der Waals surface area contributed by atoms with Gasteiger partial charge < -0.3 is 10.2 Å². The summed E-state index contributed by atoms with van der Waals surface area (Å²) in [5.41, 5.74) is 0.649. The van der Waals surface area contributed by atoms with Gasteiger partial charge in [-0.05, 0) is 42.3 Å². The van der Waals surface area contributed by atoms with Gasteiger partial charge >= 0.3 is 5.97 Å². The molecule has 0 unspecified atom stereocenters. The number of carboxylic acids is 1. The quantitative estimate of drug-likeness (QED) is 0.490. The molecule has 8 heteroatoms. The van der Waals surface area contributed by atoms with Gasteiger partial charge in [-0.15, -0.1) is 0 Å². The molecular weight excluding hydrogens is 434 g/mol. The third-order valence-electron chi connectivity index (χ3n) is 4.07. The molecule has 0 saturated carbocycles. The third kappa shape index (κ3) is 4.23. The molecule has 0 aliphatic carbocycles. The highest BCUT2D eigenvalue weighted by atomic mass is 79.9. The molecule has 3 aromatic carbocycles. The zero-order valence-electron chi connectivity index (χ0n) is 14.0. The number of nitrogens with one attached hydrogen (secondary N) is 1. The maximum absolute atomic E-state index is 12.7. The molecule has 0 saturated heterocycles. The van der Waals surface area contributed by atoms with Crippen molar-refractivity contribution in [3.05, 3.63) is 64.6 Å². The summed E-state index contributed by atoms with van der Waals surface area (Å²) in [6, 6.07) is 14.5. The van der Waals surface area contributed by atoms with Gasteiger partial charge in [-0.1, -0.05) is 40.2 Å². The van der Waals surface area contributed by atoms with Gasteiger partial charge in [0.2, 0.25) is 0 Å². The Labute approximate surface area is 164 Å². The van der Waals surface area contributed by atoms with Crippen molar-refractivity contribution in [2.45, 2.75) is 17.7 Å². The Bertz CT molecular complexity index is 1110. The lowest BCUT2D eigenvalue weighted by molar-refractivity contribution is -0.136. The number of sulfonamides is 1. The fraction of sp³-hybridized carbons (Fsp3) is 0.105.